The predicted molar refractivity (Wildman–Crippen MR) is 67.7 cm³/mol. The highest BCUT2D eigenvalue weighted by Gasteiger charge is 2.40. The Balaban J connectivity index is 1.91. The van der Waals surface area contributed by atoms with Crippen LogP contribution in [-0.4, -0.2) is 25.2 Å². The highest BCUT2D eigenvalue weighted by atomic mass is 19.2. The fraction of sp³-hybridized carbons (Fsp3) is 0.571. The lowest BCUT2D eigenvalue weighted by molar-refractivity contribution is 0.372. The van der Waals surface area contributed by atoms with E-state index in [9.17, 15) is 13.2 Å². The molecule has 0 radical (unpaired) electrons. The molecule has 2 saturated heterocycles. The number of hydrogen-bond donors (Lipinski definition) is 1. The van der Waals surface area contributed by atoms with Gasteiger partial charge < -0.3 is 10.2 Å². The molecule has 1 N–H and O–H groups in total. The van der Waals surface area contributed by atoms with Gasteiger partial charge in [0.1, 0.15) is 0 Å². The van der Waals surface area contributed by atoms with E-state index >= 15 is 0 Å². The van der Waals surface area contributed by atoms with E-state index in [1.54, 1.807) is 0 Å². The minimum atomic E-state index is -1.39. The summed E-state index contributed by atoms with van der Waals surface area (Å²) in [6.07, 6.45) is 3.99. The molecule has 1 aromatic rings. The van der Waals surface area contributed by atoms with Gasteiger partial charge in [0, 0.05) is 35.9 Å². The standard InChI is InChI=1S/C14H17F3N2/c1-18-8-4-9-2-3-10(5-8)19(9)11-6-12(15)14(17)13(16)7-11/h6-10,18H,2-5H2,1H3. The Bertz CT molecular complexity index is 455. The molecule has 0 spiro atoms. The van der Waals surface area contributed by atoms with Gasteiger partial charge in [-0.1, -0.05) is 0 Å². The summed E-state index contributed by atoms with van der Waals surface area (Å²) in [7, 11) is 1.94. The van der Waals surface area contributed by atoms with Crippen LogP contribution in [0.1, 0.15) is 25.7 Å². The van der Waals surface area contributed by atoms with E-state index in [0.717, 1.165) is 37.8 Å². The third-order valence-corrected chi connectivity index (χ3v) is 4.41. The molecule has 19 heavy (non-hydrogen) atoms. The van der Waals surface area contributed by atoms with Gasteiger partial charge in [-0.05, 0) is 32.7 Å². The largest absolute Gasteiger partial charge is 0.365 e. The lowest BCUT2D eigenvalue weighted by Crippen LogP contribution is -2.48. The number of anilines is 1. The number of nitrogens with zero attached hydrogens (tertiary/aromatic N) is 1. The van der Waals surface area contributed by atoms with Gasteiger partial charge in [0.05, 0.1) is 0 Å². The lowest BCUT2D eigenvalue weighted by atomic mass is 9.96. The van der Waals surface area contributed by atoms with E-state index in [4.69, 9.17) is 0 Å². The molecular formula is C14H17F3N2. The van der Waals surface area contributed by atoms with Crippen molar-refractivity contribution in [2.75, 3.05) is 11.9 Å². The van der Waals surface area contributed by atoms with Crippen LogP contribution in [0.5, 0.6) is 0 Å². The Morgan fingerprint density at radius 1 is 1.05 bits per heavy atom. The summed E-state index contributed by atoms with van der Waals surface area (Å²) < 4.78 is 39.7. The SMILES string of the molecule is CNC1CC2CCC(C1)N2c1cc(F)c(F)c(F)c1. The van der Waals surface area contributed by atoms with Crippen LogP contribution in [0.2, 0.25) is 0 Å². The van der Waals surface area contributed by atoms with Crippen molar-refractivity contribution in [2.45, 2.75) is 43.8 Å². The molecule has 0 saturated carbocycles. The first-order valence-corrected chi connectivity index (χ1v) is 6.70. The molecule has 2 bridgehead atoms. The number of benzene rings is 1. The van der Waals surface area contributed by atoms with Crippen LogP contribution in [0.4, 0.5) is 18.9 Å². The first-order valence-electron chi connectivity index (χ1n) is 6.70. The van der Waals surface area contributed by atoms with Gasteiger partial charge in [0.15, 0.2) is 17.5 Å². The maximum absolute atomic E-state index is 13.4. The topological polar surface area (TPSA) is 15.3 Å². The maximum atomic E-state index is 13.4. The molecule has 0 aromatic heterocycles. The summed E-state index contributed by atoms with van der Waals surface area (Å²) in [5.41, 5.74) is 0.471. The molecule has 2 nitrogen and oxygen atoms in total. The highest BCUT2D eigenvalue weighted by molar-refractivity contribution is 5.51. The van der Waals surface area contributed by atoms with Crippen LogP contribution in [0.25, 0.3) is 0 Å². The average molecular weight is 270 g/mol. The van der Waals surface area contributed by atoms with Crippen molar-refractivity contribution in [3.8, 4) is 0 Å². The van der Waals surface area contributed by atoms with Crippen molar-refractivity contribution < 1.29 is 13.2 Å². The molecule has 0 aliphatic carbocycles. The van der Waals surface area contributed by atoms with E-state index in [1.165, 1.54) is 0 Å². The Morgan fingerprint density at radius 3 is 2.05 bits per heavy atom. The third-order valence-electron chi connectivity index (χ3n) is 4.41. The number of nitrogens with one attached hydrogen (secondary N) is 1. The summed E-state index contributed by atoms with van der Waals surface area (Å²) in [5.74, 6) is -3.60. The van der Waals surface area contributed by atoms with Crippen molar-refractivity contribution in [3.05, 3.63) is 29.6 Å². The first kappa shape index (κ1) is 12.8. The summed E-state index contributed by atoms with van der Waals surface area (Å²) >= 11 is 0. The zero-order chi connectivity index (χ0) is 13.6. The van der Waals surface area contributed by atoms with Crippen molar-refractivity contribution in [1.82, 2.24) is 5.32 Å². The van der Waals surface area contributed by atoms with Crippen LogP contribution in [0.15, 0.2) is 12.1 Å². The van der Waals surface area contributed by atoms with Crippen molar-refractivity contribution in [1.29, 1.82) is 0 Å². The molecule has 1 aromatic carbocycles. The summed E-state index contributed by atoms with van der Waals surface area (Å²) in [5, 5.41) is 3.27. The van der Waals surface area contributed by atoms with Gasteiger partial charge in [0.2, 0.25) is 0 Å². The molecule has 2 aliphatic rings. The van der Waals surface area contributed by atoms with E-state index in [-0.39, 0.29) is 0 Å². The van der Waals surface area contributed by atoms with Gasteiger partial charge in [-0.2, -0.15) is 0 Å². The number of fused-ring (bicyclic) bond motifs is 2. The number of rotatable bonds is 2. The Morgan fingerprint density at radius 2 is 1.58 bits per heavy atom. The van der Waals surface area contributed by atoms with Gasteiger partial charge in [-0.3, -0.25) is 0 Å². The second-order valence-electron chi connectivity index (χ2n) is 5.47. The fourth-order valence-corrected chi connectivity index (χ4v) is 3.53. The van der Waals surface area contributed by atoms with E-state index in [1.807, 2.05) is 7.05 Å². The molecule has 3 rings (SSSR count). The van der Waals surface area contributed by atoms with E-state index < -0.39 is 17.5 Å². The lowest BCUT2D eigenvalue weighted by Gasteiger charge is -2.40. The van der Waals surface area contributed by atoms with Crippen molar-refractivity contribution >= 4 is 5.69 Å². The van der Waals surface area contributed by atoms with E-state index in [2.05, 4.69) is 10.2 Å². The van der Waals surface area contributed by atoms with Gasteiger partial charge in [-0.15, -0.1) is 0 Å². The molecule has 2 unspecified atom stereocenters. The summed E-state index contributed by atoms with van der Waals surface area (Å²) in [6.45, 7) is 0. The number of piperidine rings is 1. The Labute approximate surface area is 110 Å². The minimum Gasteiger partial charge on any atom is -0.365 e. The average Bonchev–Trinajstić information content (AvgIpc) is 2.66. The second-order valence-corrected chi connectivity index (χ2v) is 5.47. The van der Waals surface area contributed by atoms with Gasteiger partial charge in [0.25, 0.3) is 0 Å². The monoisotopic (exact) mass is 270 g/mol. The zero-order valence-electron chi connectivity index (χ0n) is 10.8. The van der Waals surface area contributed by atoms with Crippen LogP contribution in [0.3, 0.4) is 0 Å². The number of hydrogen-bond acceptors (Lipinski definition) is 2. The summed E-state index contributed by atoms with van der Waals surface area (Å²) in [6, 6.07) is 3.28. The highest BCUT2D eigenvalue weighted by Crippen LogP contribution is 2.39. The molecular weight excluding hydrogens is 253 g/mol. The summed E-state index contributed by atoms with van der Waals surface area (Å²) in [4.78, 5) is 2.07. The quantitative estimate of drug-likeness (QED) is 0.831. The Hall–Kier alpha value is -1.23. The minimum absolute atomic E-state index is 0.292. The number of halogens is 3. The van der Waals surface area contributed by atoms with Crippen LogP contribution < -0.4 is 10.2 Å². The normalized spacial score (nSPS) is 29.9. The van der Waals surface area contributed by atoms with Crippen molar-refractivity contribution in [3.63, 3.8) is 0 Å². The molecule has 5 heteroatoms. The molecule has 2 fully saturated rings. The Kier molecular flexibility index (Phi) is 3.17. The zero-order valence-corrected chi connectivity index (χ0v) is 10.8. The fourth-order valence-electron chi connectivity index (χ4n) is 3.53. The second kappa shape index (κ2) is 4.71. The third kappa shape index (κ3) is 2.10. The molecule has 0 amide bonds. The first-order chi connectivity index (χ1) is 9.10. The molecule has 2 atom stereocenters. The molecule has 2 heterocycles. The van der Waals surface area contributed by atoms with Gasteiger partial charge in [-0.25, -0.2) is 13.2 Å². The van der Waals surface area contributed by atoms with Gasteiger partial charge >= 0.3 is 0 Å². The maximum Gasteiger partial charge on any atom is 0.194 e. The molecule has 2 aliphatic heterocycles. The van der Waals surface area contributed by atoms with Crippen molar-refractivity contribution in [2.24, 2.45) is 0 Å². The smallest absolute Gasteiger partial charge is 0.194 e. The van der Waals surface area contributed by atoms with E-state index in [0.29, 0.717) is 23.8 Å². The predicted octanol–water partition coefficient (Wildman–Crippen LogP) is 2.82. The van der Waals surface area contributed by atoms with Crippen LogP contribution in [-0.2, 0) is 0 Å². The van der Waals surface area contributed by atoms with Crippen LogP contribution >= 0.6 is 0 Å². The molecule has 104 valence electrons. The van der Waals surface area contributed by atoms with Crippen LogP contribution in [0, 0.1) is 17.5 Å².